The molecule has 1 heterocycles. The van der Waals surface area contributed by atoms with E-state index >= 15 is 0 Å². The third-order valence-corrected chi connectivity index (χ3v) is 4.71. The number of hydrogen-bond acceptors (Lipinski definition) is 3. The van der Waals surface area contributed by atoms with Crippen molar-refractivity contribution in [1.82, 2.24) is 10.2 Å². The number of piperidine rings is 1. The predicted octanol–water partition coefficient (Wildman–Crippen LogP) is 3.40. The number of ether oxygens (including phenoxy) is 1. The summed E-state index contributed by atoms with van der Waals surface area (Å²) >= 11 is 0. The molecule has 2 amide bonds. The average Bonchev–Trinajstić information content (AvgIpc) is 2.69. The van der Waals surface area contributed by atoms with Crippen LogP contribution in [0.15, 0.2) is 42.5 Å². The fraction of sp³-hybridized carbons (Fsp3) is 0.333. The van der Waals surface area contributed by atoms with Crippen molar-refractivity contribution in [2.24, 2.45) is 0 Å². The van der Waals surface area contributed by atoms with Crippen molar-refractivity contribution in [1.29, 1.82) is 0 Å². The Morgan fingerprint density at radius 2 is 1.79 bits per heavy atom. The van der Waals surface area contributed by atoms with Gasteiger partial charge >= 0.3 is 0 Å². The number of amides is 2. The minimum absolute atomic E-state index is 0.0718. The van der Waals surface area contributed by atoms with Crippen molar-refractivity contribution in [3.05, 3.63) is 65.2 Å². The molecule has 1 saturated heterocycles. The molecular weight excluding hydrogens is 366 g/mol. The smallest absolute Gasteiger partial charge is 0.254 e. The summed E-state index contributed by atoms with van der Waals surface area (Å²) in [6, 6.07) is 9.70. The van der Waals surface area contributed by atoms with Crippen LogP contribution in [0.1, 0.15) is 40.5 Å². The lowest BCUT2D eigenvalue weighted by molar-refractivity contribution is 0.0698. The van der Waals surface area contributed by atoms with Crippen molar-refractivity contribution in [2.75, 3.05) is 19.7 Å². The van der Waals surface area contributed by atoms with Crippen LogP contribution in [0.5, 0.6) is 5.75 Å². The van der Waals surface area contributed by atoms with Crippen LogP contribution in [-0.2, 0) is 0 Å². The Morgan fingerprint density at radius 1 is 1.11 bits per heavy atom. The molecule has 0 saturated carbocycles. The topological polar surface area (TPSA) is 58.6 Å². The van der Waals surface area contributed by atoms with E-state index in [4.69, 9.17) is 4.74 Å². The maximum atomic E-state index is 13.7. The lowest BCUT2D eigenvalue weighted by atomic mass is 10.0. The maximum Gasteiger partial charge on any atom is 0.254 e. The van der Waals surface area contributed by atoms with Gasteiger partial charge in [0.1, 0.15) is 17.4 Å². The van der Waals surface area contributed by atoms with Crippen molar-refractivity contribution in [2.45, 2.75) is 25.8 Å². The summed E-state index contributed by atoms with van der Waals surface area (Å²) in [5.41, 5.74) is 0.397. The molecule has 3 rings (SSSR count). The van der Waals surface area contributed by atoms with Crippen molar-refractivity contribution in [3.8, 4) is 5.75 Å². The molecular formula is C21H22F2N2O3. The van der Waals surface area contributed by atoms with E-state index in [0.717, 1.165) is 12.1 Å². The molecule has 1 aliphatic heterocycles. The first kappa shape index (κ1) is 19.8. The molecule has 0 unspecified atom stereocenters. The Bertz CT molecular complexity index is 847. The van der Waals surface area contributed by atoms with Crippen LogP contribution in [0, 0.1) is 11.6 Å². The van der Waals surface area contributed by atoms with Gasteiger partial charge in [-0.25, -0.2) is 8.78 Å². The first-order valence-corrected chi connectivity index (χ1v) is 9.26. The van der Waals surface area contributed by atoms with Gasteiger partial charge in [0.25, 0.3) is 11.8 Å². The molecule has 0 radical (unpaired) electrons. The molecule has 0 atom stereocenters. The number of benzene rings is 2. The minimum atomic E-state index is -0.888. The molecule has 0 aliphatic carbocycles. The van der Waals surface area contributed by atoms with E-state index in [0.29, 0.717) is 49.9 Å². The lowest BCUT2D eigenvalue weighted by Gasteiger charge is -2.32. The summed E-state index contributed by atoms with van der Waals surface area (Å²) in [6.07, 6.45) is 1.13. The molecule has 2 aromatic carbocycles. The van der Waals surface area contributed by atoms with Crippen LogP contribution >= 0.6 is 0 Å². The lowest BCUT2D eigenvalue weighted by Crippen LogP contribution is -2.46. The maximum absolute atomic E-state index is 13.7. The van der Waals surface area contributed by atoms with Crippen molar-refractivity contribution in [3.63, 3.8) is 0 Å². The van der Waals surface area contributed by atoms with E-state index in [-0.39, 0.29) is 17.5 Å². The highest BCUT2D eigenvalue weighted by Crippen LogP contribution is 2.18. The van der Waals surface area contributed by atoms with Crippen molar-refractivity contribution < 1.29 is 23.1 Å². The molecule has 1 aliphatic rings. The van der Waals surface area contributed by atoms with Gasteiger partial charge in [-0.3, -0.25) is 9.59 Å². The largest absolute Gasteiger partial charge is 0.494 e. The number of likely N-dealkylation sites (tertiary alicyclic amines) is 1. The quantitative estimate of drug-likeness (QED) is 0.854. The normalized spacial score (nSPS) is 14.6. The fourth-order valence-electron chi connectivity index (χ4n) is 3.21. The number of carbonyl (C=O) groups is 2. The number of halogens is 2. The number of hydrogen-bond donors (Lipinski definition) is 1. The zero-order valence-electron chi connectivity index (χ0n) is 15.6. The second kappa shape index (κ2) is 8.82. The molecule has 28 heavy (non-hydrogen) atoms. The number of nitrogens with zero attached hydrogens (tertiary/aromatic N) is 1. The van der Waals surface area contributed by atoms with Gasteiger partial charge in [0.05, 0.1) is 12.2 Å². The molecule has 1 N–H and O–H groups in total. The van der Waals surface area contributed by atoms with E-state index in [1.807, 2.05) is 6.92 Å². The zero-order chi connectivity index (χ0) is 20.1. The molecule has 2 aromatic rings. The molecule has 0 spiro atoms. The van der Waals surface area contributed by atoms with E-state index in [1.165, 1.54) is 0 Å². The number of carbonyl (C=O) groups excluding carboxylic acids is 2. The van der Waals surface area contributed by atoms with Gasteiger partial charge in [-0.2, -0.15) is 0 Å². The Balaban J connectivity index is 1.53. The molecule has 1 fully saturated rings. The van der Waals surface area contributed by atoms with Crippen LogP contribution < -0.4 is 10.1 Å². The minimum Gasteiger partial charge on any atom is -0.494 e. The highest BCUT2D eigenvalue weighted by molar-refractivity contribution is 5.95. The second-order valence-corrected chi connectivity index (χ2v) is 6.62. The van der Waals surface area contributed by atoms with Gasteiger partial charge < -0.3 is 15.0 Å². The third kappa shape index (κ3) is 4.65. The SMILES string of the molecule is CCOc1ccc(C(=O)N2CCC(NC(=O)c3ccc(F)cc3F)CC2)cc1. The van der Waals surface area contributed by atoms with Crippen LogP contribution in [0.4, 0.5) is 8.78 Å². The van der Waals surface area contributed by atoms with Gasteiger partial charge in [-0.1, -0.05) is 0 Å². The Kier molecular flexibility index (Phi) is 6.23. The number of nitrogens with one attached hydrogen (secondary N) is 1. The summed E-state index contributed by atoms with van der Waals surface area (Å²) in [4.78, 5) is 26.5. The van der Waals surface area contributed by atoms with E-state index in [9.17, 15) is 18.4 Å². The van der Waals surface area contributed by atoms with Crippen LogP contribution in [0.25, 0.3) is 0 Å². The highest BCUT2D eigenvalue weighted by Gasteiger charge is 2.25. The molecule has 5 nitrogen and oxygen atoms in total. The summed E-state index contributed by atoms with van der Waals surface area (Å²) in [5.74, 6) is -1.55. The molecule has 0 aromatic heterocycles. The average molecular weight is 388 g/mol. The van der Waals surface area contributed by atoms with Gasteiger partial charge in [-0.15, -0.1) is 0 Å². The van der Waals surface area contributed by atoms with Crippen LogP contribution in [0.2, 0.25) is 0 Å². The Morgan fingerprint density at radius 3 is 2.39 bits per heavy atom. The fourth-order valence-corrected chi connectivity index (χ4v) is 3.21. The summed E-state index contributed by atoms with van der Waals surface area (Å²) < 4.78 is 32.1. The summed E-state index contributed by atoms with van der Waals surface area (Å²) in [7, 11) is 0. The molecule has 148 valence electrons. The van der Waals surface area contributed by atoms with E-state index in [1.54, 1.807) is 29.2 Å². The van der Waals surface area contributed by atoms with Crippen LogP contribution in [0.3, 0.4) is 0 Å². The van der Waals surface area contributed by atoms with Gasteiger partial charge in [0.15, 0.2) is 0 Å². The first-order chi connectivity index (χ1) is 13.5. The van der Waals surface area contributed by atoms with E-state index in [2.05, 4.69) is 5.32 Å². The van der Waals surface area contributed by atoms with Crippen LogP contribution in [-0.4, -0.2) is 42.5 Å². The third-order valence-electron chi connectivity index (χ3n) is 4.71. The zero-order valence-corrected chi connectivity index (χ0v) is 15.6. The highest BCUT2D eigenvalue weighted by atomic mass is 19.1. The summed E-state index contributed by atoms with van der Waals surface area (Å²) in [5, 5.41) is 2.76. The predicted molar refractivity (Wildman–Crippen MR) is 100 cm³/mol. The summed E-state index contributed by atoms with van der Waals surface area (Å²) in [6.45, 7) is 3.44. The number of rotatable bonds is 5. The Hall–Kier alpha value is -2.96. The van der Waals surface area contributed by atoms with Gasteiger partial charge in [-0.05, 0) is 56.2 Å². The first-order valence-electron chi connectivity index (χ1n) is 9.26. The standard InChI is InChI=1S/C21H22F2N2O3/c1-2-28-17-6-3-14(4-7-17)21(27)25-11-9-16(10-12-25)24-20(26)18-8-5-15(22)13-19(18)23/h3-8,13,16H,2,9-12H2,1H3,(H,24,26). The Labute approximate surface area is 162 Å². The second-order valence-electron chi connectivity index (χ2n) is 6.62. The molecule has 7 heteroatoms. The van der Waals surface area contributed by atoms with E-state index < -0.39 is 17.5 Å². The molecule has 0 bridgehead atoms. The van der Waals surface area contributed by atoms with Gasteiger partial charge in [0.2, 0.25) is 0 Å². The monoisotopic (exact) mass is 388 g/mol. The van der Waals surface area contributed by atoms with Crippen molar-refractivity contribution >= 4 is 11.8 Å². The van der Waals surface area contributed by atoms with Gasteiger partial charge in [0, 0.05) is 30.8 Å².